The van der Waals surface area contributed by atoms with Gasteiger partial charge in [0.2, 0.25) is 5.91 Å². The third-order valence-corrected chi connectivity index (χ3v) is 5.79. The Labute approximate surface area is 165 Å². The van der Waals surface area contributed by atoms with Crippen molar-refractivity contribution in [2.45, 2.75) is 19.8 Å². The van der Waals surface area contributed by atoms with E-state index in [1.165, 1.54) is 35.6 Å². The van der Waals surface area contributed by atoms with Crippen LogP contribution in [0.3, 0.4) is 0 Å². The van der Waals surface area contributed by atoms with E-state index in [9.17, 15) is 19.7 Å². The summed E-state index contributed by atoms with van der Waals surface area (Å²) in [6, 6.07) is 15.3. The maximum atomic E-state index is 12.6. The highest BCUT2D eigenvalue weighted by Crippen LogP contribution is 2.31. The monoisotopic (exact) mass is 394 g/mol. The average molecular weight is 394 g/mol. The number of carbonyl (C=O) groups excluding carboxylic acids is 2. The first kappa shape index (κ1) is 19.4. The molecule has 2 N–H and O–H groups in total. The van der Waals surface area contributed by atoms with Gasteiger partial charge in [-0.3, -0.25) is 19.7 Å². The zero-order chi connectivity index (χ0) is 20.3. The number of primary amides is 1. The van der Waals surface area contributed by atoms with Crippen LogP contribution in [0.25, 0.3) is 0 Å². The Morgan fingerprint density at radius 1 is 1.04 bits per heavy atom. The quantitative estimate of drug-likeness (QED) is 0.370. The fraction of sp³-hybridized carbons (Fsp3) is 0.143. The molecule has 0 spiro atoms. The molecule has 1 amide bonds. The number of non-ortho nitro benzene ring substituents is 1. The van der Waals surface area contributed by atoms with Gasteiger partial charge in [0.1, 0.15) is 0 Å². The maximum absolute atomic E-state index is 12.6. The van der Waals surface area contributed by atoms with Gasteiger partial charge in [0, 0.05) is 40.3 Å². The van der Waals surface area contributed by atoms with E-state index in [0.29, 0.717) is 22.4 Å². The van der Waals surface area contributed by atoms with Crippen LogP contribution in [0.15, 0.2) is 54.6 Å². The number of nitrogens with two attached hydrogens (primary N) is 1. The molecule has 0 fully saturated rings. The van der Waals surface area contributed by atoms with Crippen molar-refractivity contribution in [3.05, 3.63) is 96.7 Å². The Morgan fingerprint density at radius 2 is 1.68 bits per heavy atom. The van der Waals surface area contributed by atoms with E-state index in [2.05, 4.69) is 0 Å². The third-order valence-electron chi connectivity index (χ3n) is 4.49. The lowest BCUT2D eigenvalue weighted by atomic mass is 10.0. The van der Waals surface area contributed by atoms with Crippen molar-refractivity contribution in [2.24, 2.45) is 5.73 Å². The number of thiophene rings is 1. The molecule has 0 atom stereocenters. The van der Waals surface area contributed by atoms with Gasteiger partial charge in [0.05, 0.1) is 10.5 Å². The zero-order valence-corrected chi connectivity index (χ0v) is 16.0. The Kier molecular flexibility index (Phi) is 5.65. The number of rotatable bonds is 7. The van der Waals surface area contributed by atoms with Crippen LogP contribution in [0.4, 0.5) is 5.69 Å². The van der Waals surface area contributed by atoms with Crippen LogP contribution < -0.4 is 5.73 Å². The van der Waals surface area contributed by atoms with Gasteiger partial charge >= 0.3 is 0 Å². The highest BCUT2D eigenvalue weighted by atomic mass is 32.1. The second-order valence-electron chi connectivity index (χ2n) is 6.38. The molecule has 0 bridgehead atoms. The maximum Gasteiger partial charge on any atom is 0.269 e. The Bertz CT molecular complexity index is 1040. The van der Waals surface area contributed by atoms with E-state index in [-0.39, 0.29) is 17.9 Å². The molecule has 2 aromatic carbocycles. The summed E-state index contributed by atoms with van der Waals surface area (Å²) in [6.07, 6.45) is 0.680. The van der Waals surface area contributed by atoms with Gasteiger partial charge in [-0.1, -0.05) is 30.3 Å². The number of amides is 1. The molecule has 0 aliphatic rings. The molecule has 3 rings (SSSR count). The first-order valence-electron chi connectivity index (χ1n) is 8.59. The number of Topliss-reactive ketones (excluding diaryl/α,β-unsaturated/α-hetero) is 1. The highest BCUT2D eigenvalue weighted by Gasteiger charge is 2.22. The van der Waals surface area contributed by atoms with Gasteiger partial charge in [-0.15, -0.1) is 11.3 Å². The van der Waals surface area contributed by atoms with E-state index < -0.39 is 10.8 Å². The number of benzene rings is 2. The molecule has 1 aromatic heterocycles. The van der Waals surface area contributed by atoms with Crippen molar-refractivity contribution in [2.75, 3.05) is 0 Å². The SMILES string of the molecule is Cc1c(Cc2ccccc2)sc(CC(=O)c2ccc([N+](=O)[O-])cc2)c1C(N)=O. The zero-order valence-electron chi connectivity index (χ0n) is 15.2. The predicted octanol–water partition coefficient (Wildman–Crippen LogP) is 4.08. The number of nitro groups is 1. The molecular formula is C21H18N2O4S. The summed E-state index contributed by atoms with van der Waals surface area (Å²) >= 11 is 1.41. The molecular weight excluding hydrogens is 376 g/mol. The van der Waals surface area contributed by atoms with Gasteiger partial charge in [-0.2, -0.15) is 0 Å². The van der Waals surface area contributed by atoms with Crippen molar-refractivity contribution in [1.82, 2.24) is 0 Å². The van der Waals surface area contributed by atoms with Gasteiger partial charge < -0.3 is 5.73 Å². The lowest BCUT2D eigenvalue weighted by Crippen LogP contribution is -2.15. The van der Waals surface area contributed by atoms with Crippen LogP contribution in [0.5, 0.6) is 0 Å². The summed E-state index contributed by atoms with van der Waals surface area (Å²) < 4.78 is 0. The molecule has 28 heavy (non-hydrogen) atoms. The fourth-order valence-corrected chi connectivity index (χ4v) is 4.39. The summed E-state index contributed by atoms with van der Waals surface area (Å²) in [6.45, 7) is 1.84. The molecule has 3 aromatic rings. The summed E-state index contributed by atoms with van der Waals surface area (Å²) in [5, 5.41) is 10.8. The number of ketones is 1. The summed E-state index contributed by atoms with van der Waals surface area (Å²) in [5.74, 6) is -0.774. The molecule has 0 radical (unpaired) electrons. The Balaban J connectivity index is 1.88. The number of nitrogens with zero attached hydrogens (tertiary/aromatic N) is 1. The van der Waals surface area contributed by atoms with Crippen LogP contribution in [0.1, 0.15) is 41.6 Å². The van der Waals surface area contributed by atoms with E-state index >= 15 is 0 Å². The van der Waals surface area contributed by atoms with E-state index in [4.69, 9.17) is 5.73 Å². The van der Waals surface area contributed by atoms with E-state index in [1.807, 2.05) is 37.3 Å². The van der Waals surface area contributed by atoms with Gasteiger partial charge in [0.25, 0.3) is 5.69 Å². The van der Waals surface area contributed by atoms with Crippen LogP contribution in [0, 0.1) is 17.0 Å². The normalized spacial score (nSPS) is 10.6. The number of hydrogen-bond acceptors (Lipinski definition) is 5. The van der Waals surface area contributed by atoms with Crippen molar-refractivity contribution >= 4 is 28.7 Å². The summed E-state index contributed by atoms with van der Waals surface area (Å²) in [4.78, 5) is 36.5. The molecule has 0 aliphatic heterocycles. The topological polar surface area (TPSA) is 103 Å². The Hall–Kier alpha value is -3.32. The first-order valence-corrected chi connectivity index (χ1v) is 9.41. The van der Waals surface area contributed by atoms with Gasteiger partial charge in [-0.25, -0.2) is 0 Å². The van der Waals surface area contributed by atoms with Crippen molar-refractivity contribution in [3.8, 4) is 0 Å². The number of carbonyl (C=O) groups is 2. The fourth-order valence-electron chi connectivity index (χ4n) is 3.04. The third kappa shape index (κ3) is 4.15. The summed E-state index contributed by atoms with van der Waals surface area (Å²) in [5.41, 5.74) is 8.15. The molecule has 6 nitrogen and oxygen atoms in total. The van der Waals surface area contributed by atoms with Crippen molar-refractivity contribution < 1.29 is 14.5 Å². The first-order chi connectivity index (χ1) is 13.4. The minimum Gasteiger partial charge on any atom is -0.366 e. The van der Waals surface area contributed by atoms with Crippen molar-refractivity contribution in [3.63, 3.8) is 0 Å². The van der Waals surface area contributed by atoms with Crippen LogP contribution in [-0.2, 0) is 12.8 Å². The van der Waals surface area contributed by atoms with Crippen molar-refractivity contribution in [1.29, 1.82) is 0 Å². The smallest absolute Gasteiger partial charge is 0.269 e. The van der Waals surface area contributed by atoms with Crippen LogP contribution in [0.2, 0.25) is 0 Å². The highest BCUT2D eigenvalue weighted by molar-refractivity contribution is 7.12. The number of hydrogen-bond donors (Lipinski definition) is 1. The largest absolute Gasteiger partial charge is 0.366 e. The molecule has 0 aliphatic carbocycles. The van der Waals surface area contributed by atoms with Gasteiger partial charge in [0.15, 0.2) is 5.78 Å². The molecule has 0 saturated carbocycles. The second kappa shape index (κ2) is 8.14. The minimum absolute atomic E-state index is 0.0242. The Morgan fingerprint density at radius 3 is 2.25 bits per heavy atom. The standard InChI is InChI=1S/C21H18N2O4S/c1-13-18(11-14-5-3-2-4-6-14)28-19(20(13)21(22)25)12-17(24)15-7-9-16(10-8-15)23(26)27/h2-10H,11-12H2,1H3,(H2,22,25). The van der Waals surface area contributed by atoms with Crippen LogP contribution >= 0.6 is 11.3 Å². The molecule has 1 heterocycles. The van der Waals surface area contributed by atoms with Gasteiger partial charge in [-0.05, 0) is 30.2 Å². The molecule has 0 saturated heterocycles. The molecule has 0 unspecified atom stereocenters. The second-order valence-corrected chi connectivity index (χ2v) is 7.57. The number of nitro benzene ring substituents is 1. The van der Waals surface area contributed by atoms with E-state index in [0.717, 1.165) is 16.0 Å². The lowest BCUT2D eigenvalue weighted by Gasteiger charge is -2.02. The predicted molar refractivity (Wildman–Crippen MR) is 108 cm³/mol. The molecule has 7 heteroatoms. The van der Waals surface area contributed by atoms with Crippen LogP contribution in [-0.4, -0.2) is 16.6 Å². The van der Waals surface area contributed by atoms with E-state index in [1.54, 1.807) is 0 Å². The average Bonchev–Trinajstić information content (AvgIpc) is 2.97. The molecule has 142 valence electrons. The summed E-state index contributed by atoms with van der Waals surface area (Å²) in [7, 11) is 0. The lowest BCUT2D eigenvalue weighted by molar-refractivity contribution is -0.384. The minimum atomic E-state index is -0.556.